The third-order valence-electron chi connectivity index (χ3n) is 2.84. The predicted octanol–water partition coefficient (Wildman–Crippen LogP) is 1.35. The van der Waals surface area contributed by atoms with Crippen molar-refractivity contribution in [2.24, 2.45) is 0 Å². The van der Waals surface area contributed by atoms with Gasteiger partial charge < -0.3 is 10.6 Å². The second-order valence-electron chi connectivity index (χ2n) is 4.54. The molecular formula is C16H19N3O3. The van der Waals surface area contributed by atoms with Crippen molar-refractivity contribution < 1.29 is 14.4 Å². The van der Waals surface area contributed by atoms with Crippen molar-refractivity contribution >= 4 is 29.1 Å². The summed E-state index contributed by atoms with van der Waals surface area (Å²) in [7, 11) is 0. The number of amides is 3. The van der Waals surface area contributed by atoms with Gasteiger partial charge in [-0.25, -0.2) is 4.90 Å². The van der Waals surface area contributed by atoms with Crippen LogP contribution in [0.3, 0.4) is 0 Å². The molecule has 0 aliphatic rings. The van der Waals surface area contributed by atoms with Crippen LogP contribution in [0.2, 0.25) is 0 Å². The quantitative estimate of drug-likeness (QED) is 0.505. The first kappa shape index (κ1) is 17.2. The summed E-state index contributed by atoms with van der Waals surface area (Å²) in [6.45, 7) is 8.66. The molecule has 0 saturated carbocycles. The fourth-order valence-electron chi connectivity index (χ4n) is 1.85. The second kappa shape index (κ2) is 7.78. The van der Waals surface area contributed by atoms with Crippen LogP contribution in [0.25, 0.3) is 0 Å². The minimum atomic E-state index is -0.930. The monoisotopic (exact) mass is 301 g/mol. The van der Waals surface area contributed by atoms with E-state index in [-0.39, 0.29) is 18.8 Å². The standard InChI is InChI=1S/C16H19N3O3/c1-4-10-18(11-5-2)15(21)16(22)19(12(3)20)14-8-6-13(17)7-9-14/h4-9H,1-2,10-11,17H2,3H3. The van der Waals surface area contributed by atoms with E-state index in [0.29, 0.717) is 5.69 Å². The number of imide groups is 1. The van der Waals surface area contributed by atoms with Crippen LogP contribution in [0.4, 0.5) is 11.4 Å². The Kier molecular flexibility index (Phi) is 6.07. The molecule has 6 nitrogen and oxygen atoms in total. The molecule has 0 saturated heterocycles. The summed E-state index contributed by atoms with van der Waals surface area (Å²) in [6.07, 6.45) is 2.99. The van der Waals surface area contributed by atoms with Crippen molar-refractivity contribution in [1.82, 2.24) is 4.90 Å². The number of nitrogens with two attached hydrogens (primary N) is 1. The number of carbonyl (C=O) groups is 3. The van der Waals surface area contributed by atoms with Gasteiger partial charge in [0.25, 0.3) is 0 Å². The number of carbonyl (C=O) groups excluding carboxylic acids is 3. The largest absolute Gasteiger partial charge is 0.399 e. The maximum atomic E-state index is 12.4. The Morgan fingerprint density at radius 1 is 1.05 bits per heavy atom. The molecule has 0 spiro atoms. The highest BCUT2D eigenvalue weighted by molar-refractivity contribution is 6.45. The molecule has 0 atom stereocenters. The molecule has 0 bridgehead atoms. The van der Waals surface area contributed by atoms with Gasteiger partial charge in [0.1, 0.15) is 0 Å². The zero-order valence-corrected chi connectivity index (χ0v) is 12.5. The SMILES string of the molecule is C=CCN(CC=C)C(=O)C(=O)N(C(C)=O)c1ccc(N)cc1. The zero-order valence-electron chi connectivity index (χ0n) is 12.5. The molecule has 0 fully saturated rings. The van der Waals surface area contributed by atoms with Crippen LogP contribution in [-0.4, -0.2) is 35.7 Å². The summed E-state index contributed by atoms with van der Waals surface area (Å²) in [4.78, 5) is 38.5. The smallest absolute Gasteiger partial charge is 0.323 e. The molecule has 0 aromatic heterocycles. The zero-order chi connectivity index (χ0) is 16.7. The topological polar surface area (TPSA) is 83.7 Å². The van der Waals surface area contributed by atoms with E-state index in [1.165, 1.54) is 36.1 Å². The Bertz CT molecular complexity index is 583. The van der Waals surface area contributed by atoms with Crippen LogP contribution in [0.1, 0.15) is 6.92 Å². The maximum Gasteiger partial charge on any atom is 0.323 e. The van der Waals surface area contributed by atoms with Crippen LogP contribution >= 0.6 is 0 Å². The summed E-state index contributed by atoms with van der Waals surface area (Å²) < 4.78 is 0. The molecule has 0 aliphatic carbocycles. The van der Waals surface area contributed by atoms with Gasteiger partial charge in [0.15, 0.2) is 0 Å². The predicted molar refractivity (Wildman–Crippen MR) is 86.0 cm³/mol. The molecule has 1 rings (SSSR count). The maximum absolute atomic E-state index is 12.4. The average molecular weight is 301 g/mol. The number of hydrogen-bond acceptors (Lipinski definition) is 4. The van der Waals surface area contributed by atoms with Crippen LogP contribution in [-0.2, 0) is 14.4 Å². The molecule has 0 radical (unpaired) electrons. The van der Waals surface area contributed by atoms with Crippen molar-refractivity contribution in [2.45, 2.75) is 6.92 Å². The van der Waals surface area contributed by atoms with E-state index in [9.17, 15) is 14.4 Å². The summed E-state index contributed by atoms with van der Waals surface area (Å²) in [5.74, 6) is -2.28. The van der Waals surface area contributed by atoms with Gasteiger partial charge in [-0.1, -0.05) is 12.2 Å². The molecule has 22 heavy (non-hydrogen) atoms. The Labute approximate surface area is 129 Å². The Hall–Kier alpha value is -2.89. The molecule has 1 aromatic rings. The van der Waals surface area contributed by atoms with Gasteiger partial charge in [-0.05, 0) is 24.3 Å². The van der Waals surface area contributed by atoms with E-state index < -0.39 is 17.7 Å². The Morgan fingerprint density at radius 3 is 1.95 bits per heavy atom. The molecule has 3 amide bonds. The highest BCUT2D eigenvalue weighted by atomic mass is 16.2. The average Bonchev–Trinajstić information content (AvgIpc) is 2.48. The normalized spacial score (nSPS) is 9.68. The molecular weight excluding hydrogens is 282 g/mol. The lowest BCUT2D eigenvalue weighted by Crippen LogP contribution is -2.47. The minimum absolute atomic E-state index is 0.185. The van der Waals surface area contributed by atoms with Crippen LogP contribution in [0, 0.1) is 0 Å². The van der Waals surface area contributed by atoms with Gasteiger partial charge >= 0.3 is 11.8 Å². The first-order valence-corrected chi connectivity index (χ1v) is 6.63. The molecule has 0 aliphatic heterocycles. The third kappa shape index (κ3) is 4.05. The lowest BCUT2D eigenvalue weighted by molar-refractivity contribution is -0.145. The molecule has 0 unspecified atom stereocenters. The fourth-order valence-corrected chi connectivity index (χ4v) is 1.85. The highest BCUT2D eigenvalue weighted by Crippen LogP contribution is 2.17. The molecule has 0 heterocycles. The van der Waals surface area contributed by atoms with E-state index >= 15 is 0 Å². The first-order valence-electron chi connectivity index (χ1n) is 6.63. The van der Waals surface area contributed by atoms with Gasteiger partial charge in [0.05, 0.1) is 5.69 Å². The number of rotatable bonds is 5. The van der Waals surface area contributed by atoms with Crippen LogP contribution < -0.4 is 10.6 Å². The van der Waals surface area contributed by atoms with Gasteiger partial charge in [-0.2, -0.15) is 0 Å². The van der Waals surface area contributed by atoms with E-state index in [0.717, 1.165) is 4.90 Å². The number of hydrogen-bond donors (Lipinski definition) is 1. The number of benzene rings is 1. The summed E-state index contributed by atoms with van der Waals surface area (Å²) in [5.41, 5.74) is 6.36. The minimum Gasteiger partial charge on any atom is -0.399 e. The lowest BCUT2D eigenvalue weighted by Gasteiger charge is -2.23. The van der Waals surface area contributed by atoms with Gasteiger partial charge in [-0.15, -0.1) is 13.2 Å². The van der Waals surface area contributed by atoms with Gasteiger partial charge in [0.2, 0.25) is 5.91 Å². The first-order chi connectivity index (χ1) is 10.4. The Balaban J connectivity index is 3.09. The van der Waals surface area contributed by atoms with E-state index in [1.54, 1.807) is 12.1 Å². The molecule has 6 heteroatoms. The number of nitrogens with zero attached hydrogens (tertiary/aromatic N) is 2. The Morgan fingerprint density at radius 2 is 1.55 bits per heavy atom. The van der Waals surface area contributed by atoms with Gasteiger partial charge in [-0.3, -0.25) is 14.4 Å². The van der Waals surface area contributed by atoms with Crippen molar-refractivity contribution in [1.29, 1.82) is 0 Å². The van der Waals surface area contributed by atoms with Crippen molar-refractivity contribution in [3.63, 3.8) is 0 Å². The van der Waals surface area contributed by atoms with Crippen molar-refractivity contribution in [2.75, 3.05) is 23.7 Å². The van der Waals surface area contributed by atoms with E-state index in [1.807, 2.05) is 0 Å². The van der Waals surface area contributed by atoms with Crippen molar-refractivity contribution in [3.05, 3.63) is 49.6 Å². The molecule has 116 valence electrons. The summed E-state index contributed by atoms with van der Waals surface area (Å²) in [6, 6.07) is 6.11. The molecule has 1 aromatic carbocycles. The van der Waals surface area contributed by atoms with E-state index in [4.69, 9.17) is 5.73 Å². The van der Waals surface area contributed by atoms with Crippen LogP contribution in [0.15, 0.2) is 49.6 Å². The van der Waals surface area contributed by atoms with Crippen LogP contribution in [0.5, 0.6) is 0 Å². The summed E-state index contributed by atoms with van der Waals surface area (Å²) >= 11 is 0. The highest BCUT2D eigenvalue weighted by Gasteiger charge is 2.29. The van der Waals surface area contributed by atoms with Crippen molar-refractivity contribution in [3.8, 4) is 0 Å². The third-order valence-corrected chi connectivity index (χ3v) is 2.84. The fraction of sp³-hybridized carbons (Fsp3) is 0.188. The van der Waals surface area contributed by atoms with Gasteiger partial charge in [0, 0.05) is 25.7 Å². The summed E-state index contributed by atoms with van der Waals surface area (Å²) in [5, 5.41) is 0. The second-order valence-corrected chi connectivity index (χ2v) is 4.54. The molecule has 2 N–H and O–H groups in total. The van der Waals surface area contributed by atoms with E-state index in [2.05, 4.69) is 13.2 Å². The number of nitrogen functional groups attached to an aromatic ring is 1. The number of anilines is 2. The lowest BCUT2D eigenvalue weighted by atomic mass is 10.2.